The smallest absolute Gasteiger partial charge is 0.229 e. The van der Waals surface area contributed by atoms with E-state index in [9.17, 15) is 14.0 Å². The van der Waals surface area contributed by atoms with E-state index < -0.39 is 11.7 Å². The molecule has 32 heavy (non-hydrogen) atoms. The van der Waals surface area contributed by atoms with Gasteiger partial charge in [0.05, 0.1) is 12.1 Å². The van der Waals surface area contributed by atoms with Crippen LogP contribution in [-0.4, -0.2) is 30.0 Å². The summed E-state index contributed by atoms with van der Waals surface area (Å²) in [5.74, 6) is 0.148. The minimum absolute atomic E-state index is 0.114. The van der Waals surface area contributed by atoms with E-state index in [-0.39, 0.29) is 22.9 Å². The number of amides is 2. The fourth-order valence-corrected chi connectivity index (χ4v) is 3.56. The van der Waals surface area contributed by atoms with Crippen molar-refractivity contribution in [3.8, 4) is 11.5 Å². The van der Waals surface area contributed by atoms with Crippen LogP contribution in [0.15, 0.2) is 54.7 Å². The molecule has 0 fully saturated rings. The van der Waals surface area contributed by atoms with E-state index in [1.165, 1.54) is 36.2 Å². The van der Waals surface area contributed by atoms with Crippen LogP contribution in [0.5, 0.6) is 11.5 Å². The van der Waals surface area contributed by atoms with Crippen LogP contribution in [0.25, 0.3) is 0 Å². The van der Waals surface area contributed by atoms with Crippen LogP contribution in [0, 0.1) is 5.82 Å². The van der Waals surface area contributed by atoms with Crippen LogP contribution in [0.3, 0.4) is 0 Å². The Balaban J connectivity index is 1.56. The van der Waals surface area contributed by atoms with Gasteiger partial charge >= 0.3 is 0 Å². The van der Waals surface area contributed by atoms with Crippen molar-refractivity contribution >= 4 is 40.6 Å². The highest BCUT2D eigenvalue weighted by Crippen LogP contribution is 2.36. The third kappa shape index (κ3) is 4.65. The van der Waals surface area contributed by atoms with Gasteiger partial charge in [0.15, 0.2) is 11.5 Å². The molecule has 0 radical (unpaired) electrons. The molecule has 0 saturated heterocycles. The molecule has 0 aliphatic carbocycles. The van der Waals surface area contributed by atoms with Gasteiger partial charge in [-0.2, -0.15) is 0 Å². The summed E-state index contributed by atoms with van der Waals surface area (Å²) in [5, 5.41) is 2.87. The van der Waals surface area contributed by atoms with E-state index >= 15 is 0 Å². The number of carbonyl (C=O) groups is 2. The summed E-state index contributed by atoms with van der Waals surface area (Å²) >= 11 is 6.00. The van der Waals surface area contributed by atoms with Crippen molar-refractivity contribution in [2.45, 2.75) is 13.3 Å². The zero-order valence-electron chi connectivity index (χ0n) is 17.1. The molecule has 164 valence electrons. The number of rotatable bonds is 5. The molecule has 1 aliphatic heterocycles. The Labute approximate surface area is 188 Å². The molecule has 0 saturated carbocycles. The number of hydrogen-bond acceptors (Lipinski definition) is 5. The molecule has 1 aliphatic rings. The summed E-state index contributed by atoms with van der Waals surface area (Å²) in [4.78, 5) is 30.6. The van der Waals surface area contributed by atoms with Gasteiger partial charge in [-0.1, -0.05) is 17.7 Å². The number of anilines is 3. The molecular weight excluding hydrogens is 437 g/mol. The van der Waals surface area contributed by atoms with Crippen LogP contribution >= 0.6 is 11.6 Å². The molecule has 0 unspecified atom stereocenters. The van der Waals surface area contributed by atoms with Gasteiger partial charge in [-0.15, -0.1) is 0 Å². The number of nitrogens with zero attached hydrogens (tertiary/aromatic N) is 2. The first-order valence-corrected chi connectivity index (χ1v) is 10.2. The highest BCUT2D eigenvalue weighted by atomic mass is 35.5. The van der Waals surface area contributed by atoms with Crippen molar-refractivity contribution in [2.75, 3.05) is 23.4 Å². The second-order valence-electron chi connectivity index (χ2n) is 7.01. The van der Waals surface area contributed by atoms with Crippen molar-refractivity contribution < 1.29 is 23.5 Å². The number of halogens is 2. The van der Waals surface area contributed by atoms with Gasteiger partial charge in [-0.25, -0.2) is 9.37 Å². The van der Waals surface area contributed by atoms with Gasteiger partial charge in [0.2, 0.25) is 11.8 Å². The number of carbonyl (C=O) groups excluding carboxylic acids is 2. The lowest BCUT2D eigenvalue weighted by Crippen LogP contribution is -2.24. The van der Waals surface area contributed by atoms with E-state index in [1.807, 2.05) is 0 Å². The minimum Gasteiger partial charge on any atom is -0.486 e. The van der Waals surface area contributed by atoms with Gasteiger partial charge in [0, 0.05) is 41.5 Å². The first-order chi connectivity index (χ1) is 15.4. The molecule has 1 N–H and O–H groups in total. The van der Waals surface area contributed by atoms with Crippen LogP contribution < -0.4 is 19.7 Å². The van der Waals surface area contributed by atoms with Crippen molar-refractivity contribution in [1.29, 1.82) is 0 Å². The molecule has 3 aromatic rings. The molecule has 2 heterocycles. The molecule has 9 heteroatoms. The SMILES string of the molecule is CC(=O)N(c1ccc2c(c1)OCCO2)c1cc(NC(=O)Cc2c(F)cccc2Cl)ccn1. The largest absolute Gasteiger partial charge is 0.486 e. The second-order valence-corrected chi connectivity index (χ2v) is 7.42. The molecule has 0 spiro atoms. The van der Waals surface area contributed by atoms with Crippen molar-refractivity contribution in [3.63, 3.8) is 0 Å². The third-order valence-corrected chi connectivity index (χ3v) is 5.11. The van der Waals surface area contributed by atoms with E-state index in [0.29, 0.717) is 41.9 Å². The third-order valence-electron chi connectivity index (χ3n) is 4.76. The molecule has 4 rings (SSSR count). The number of benzene rings is 2. The molecule has 2 aromatic carbocycles. The molecular formula is C23H19ClFN3O4. The van der Waals surface area contributed by atoms with Crippen molar-refractivity contribution in [3.05, 3.63) is 71.1 Å². The van der Waals surface area contributed by atoms with Crippen molar-refractivity contribution in [1.82, 2.24) is 4.98 Å². The van der Waals surface area contributed by atoms with Crippen LogP contribution in [0.4, 0.5) is 21.6 Å². The summed E-state index contributed by atoms with van der Waals surface area (Å²) in [7, 11) is 0. The van der Waals surface area contributed by atoms with Crippen molar-refractivity contribution in [2.24, 2.45) is 0 Å². The quantitative estimate of drug-likeness (QED) is 0.612. The van der Waals surface area contributed by atoms with E-state index in [0.717, 1.165) is 0 Å². The monoisotopic (exact) mass is 455 g/mol. The number of pyridine rings is 1. The maximum Gasteiger partial charge on any atom is 0.229 e. The first kappa shape index (κ1) is 21.6. The lowest BCUT2D eigenvalue weighted by atomic mass is 10.1. The van der Waals surface area contributed by atoms with Crippen LogP contribution in [0.2, 0.25) is 5.02 Å². The van der Waals surface area contributed by atoms with Gasteiger partial charge in [0.25, 0.3) is 0 Å². The average molecular weight is 456 g/mol. The number of hydrogen-bond donors (Lipinski definition) is 1. The normalized spacial score (nSPS) is 12.2. The van der Waals surface area contributed by atoms with Gasteiger partial charge in [0.1, 0.15) is 24.8 Å². The molecule has 1 aromatic heterocycles. The second kappa shape index (κ2) is 9.23. The summed E-state index contributed by atoms with van der Waals surface area (Å²) in [6, 6.07) is 12.5. The standard InChI is InChI=1S/C23H19ClFN3O4/c1-14(29)28(16-5-6-20-21(12-16)32-10-9-31-20)22-11-15(7-8-26-22)27-23(30)13-17-18(24)3-2-4-19(17)25/h2-8,11-12H,9-10,13H2,1H3,(H,26,27,30). The average Bonchev–Trinajstić information content (AvgIpc) is 2.76. The summed E-state index contributed by atoms with van der Waals surface area (Å²) in [6.07, 6.45) is 1.23. The highest BCUT2D eigenvalue weighted by Gasteiger charge is 2.20. The number of nitrogens with one attached hydrogen (secondary N) is 1. The van der Waals surface area contributed by atoms with Gasteiger partial charge in [-0.3, -0.25) is 14.5 Å². The van der Waals surface area contributed by atoms with E-state index in [4.69, 9.17) is 21.1 Å². The Morgan fingerprint density at radius 3 is 2.66 bits per heavy atom. The molecule has 0 atom stereocenters. The summed E-state index contributed by atoms with van der Waals surface area (Å²) in [6.45, 7) is 2.29. The predicted molar refractivity (Wildman–Crippen MR) is 118 cm³/mol. The highest BCUT2D eigenvalue weighted by molar-refractivity contribution is 6.31. The van der Waals surface area contributed by atoms with E-state index in [2.05, 4.69) is 10.3 Å². The Morgan fingerprint density at radius 2 is 1.91 bits per heavy atom. The Bertz CT molecular complexity index is 1170. The minimum atomic E-state index is -0.551. The Hall–Kier alpha value is -3.65. The fraction of sp³-hybridized carbons (Fsp3) is 0.174. The fourth-order valence-electron chi connectivity index (χ4n) is 3.33. The maximum atomic E-state index is 14.0. The maximum absolute atomic E-state index is 14.0. The number of ether oxygens (including phenoxy) is 2. The van der Waals surface area contributed by atoms with Crippen LogP contribution in [0.1, 0.15) is 12.5 Å². The van der Waals surface area contributed by atoms with E-state index in [1.54, 1.807) is 30.3 Å². The molecule has 2 amide bonds. The zero-order chi connectivity index (χ0) is 22.7. The van der Waals surface area contributed by atoms with Crippen LogP contribution in [-0.2, 0) is 16.0 Å². The Kier molecular flexibility index (Phi) is 6.23. The predicted octanol–water partition coefficient (Wildman–Crippen LogP) is 4.51. The first-order valence-electron chi connectivity index (χ1n) is 9.81. The number of aromatic nitrogens is 1. The summed E-state index contributed by atoms with van der Waals surface area (Å²) < 4.78 is 25.1. The lowest BCUT2D eigenvalue weighted by Gasteiger charge is -2.24. The van der Waals surface area contributed by atoms with Gasteiger partial charge in [-0.05, 0) is 30.3 Å². The van der Waals surface area contributed by atoms with Gasteiger partial charge < -0.3 is 14.8 Å². The topological polar surface area (TPSA) is 80.8 Å². The summed E-state index contributed by atoms with van der Waals surface area (Å²) in [5.41, 5.74) is 1.05. The zero-order valence-corrected chi connectivity index (χ0v) is 17.9. The molecule has 7 nitrogen and oxygen atoms in total. The number of fused-ring (bicyclic) bond motifs is 1. The Morgan fingerprint density at radius 1 is 1.12 bits per heavy atom. The molecule has 0 bridgehead atoms. The lowest BCUT2D eigenvalue weighted by molar-refractivity contribution is -0.116.